The number of benzene rings is 1. The van der Waals surface area contributed by atoms with E-state index in [1.54, 1.807) is 30.0 Å². The predicted octanol–water partition coefficient (Wildman–Crippen LogP) is 3.44. The number of amides is 1. The van der Waals surface area contributed by atoms with Gasteiger partial charge in [-0.1, -0.05) is 39.3 Å². The molecule has 104 valence electrons. The molecule has 0 fully saturated rings. The summed E-state index contributed by atoms with van der Waals surface area (Å²) in [4.78, 5) is 12.3. The van der Waals surface area contributed by atoms with Crippen LogP contribution in [-0.4, -0.2) is 26.4 Å². The van der Waals surface area contributed by atoms with Crippen molar-refractivity contribution >= 4 is 51.1 Å². The molecule has 20 heavy (non-hydrogen) atoms. The summed E-state index contributed by atoms with van der Waals surface area (Å²) in [5.41, 5.74) is 0.404. The molecule has 5 nitrogen and oxygen atoms in total. The number of carbonyl (C=O) groups excluding carboxylic acids is 1. The number of thioether (sulfide) groups is 1. The zero-order chi connectivity index (χ0) is 14.1. The summed E-state index contributed by atoms with van der Waals surface area (Å²) in [5.74, 6) is 1.21. The molecule has 0 bridgehead atoms. The van der Waals surface area contributed by atoms with E-state index in [-0.39, 0.29) is 5.91 Å². The van der Waals surface area contributed by atoms with Crippen molar-refractivity contribution in [3.8, 4) is 0 Å². The first kappa shape index (κ1) is 13.9. The molecule has 0 unspecified atom stereocenters. The van der Waals surface area contributed by atoms with E-state index in [4.69, 9.17) is 11.6 Å². The molecule has 0 aliphatic carbocycles. The van der Waals surface area contributed by atoms with Crippen LogP contribution in [0.5, 0.6) is 0 Å². The first-order chi connectivity index (χ1) is 9.65. The summed E-state index contributed by atoms with van der Waals surface area (Å²) in [7, 11) is 0. The molecule has 2 aromatic rings. The Balaban J connectivity index is 1.86. The minimum absolute atomic E-state index is 0.290. The number of anilines is 1. The standard InChI is InChI=1S/C12H10BrClN4OS/c13-7-2-3-9(14)8(6-7)10(19)15-11-16-17-12-18(11)4-1-5-20-12/h2-3,6H,1,4-5H2,(H,15,16,19). The van der Waals surface area contributed by atoms with Crippen molar-refractivity contribution in [1.82, 2.24) is 14.8 Å². The smallest absolute Gasteiger partial charge is 0.259 e. The molecule has 3 rings (SSSR count). The van der Waals surface area contributed by atoms with E-state index in [9.17, 15) is 4.79 Å². The quantitative estimate of drug-likeness (QED) is 0.876. The average molecular weight is 374 g/mol. The van der Waals surface area contributed by atoms with Gasteiger partial charge in [-0.3, -0.25) is 14.7 Å². The fraction of sp³-hybridized carbons (Fsp3) is 0.250. The van der Waals surface area contributed by atoms with E-state index in [0.29, 0.717) is 16.5 Å². The maximum atomic E-state index is 12.3. The fourth-order valence-corrected chi connectivity index (χ4v) is 3.37. The number of aromatic nitrogens is 3. The van der Waals surface area contributed by atoms with Crippen LogP contribution in [-0.2, 0) is 6.54 Å². The van der Waals surface area contributed by atoms with E-state index in [1.165, 1.54) is 0 Å². The molecule has 8 heteroatoms. The topological polar surface area (TPSA) is 59.8 Å². The first-order valence-electron chi connectivity index (χ1n) is 5.97. The normalized spacial score (nSPS) is 13.9. The first-order valence-corrected chi connectivity index (χ1v) is 8.13. The van der Waals surface area contributed by atoms with Crippen LogP contribution in [0.15, 0.2) is 27.8 Å². The number of hydrogen-bond donors (Lipinski definition) is 1. The van der Waals surface area contributed by atoms with Crippen LogP contribution in [0, 0.1) is 0 Å². The lowest BCUT2D eigenvalue weighted by Crippen LogP contribution is -2.18. The van der Waals surface area contributed by atoms with Crippen LogP contribution < -0.4 is 5.32 Å². The van der Waals surface area contributed by atoms with Crippen LogP contribution in [0.3, 0.4) is 0 Å². The maximum absolute atomic E-state index is 12.3. The van der Waals surface area contributed by atoms with Crippen molar-refractivity contribution in [1.29, 1.82) is 0 Å². The van der Waals surface area contributed by atoms with E-state index in [1.807, 2.05) is 4.57 Å². The molecule has 0 radical (unpaired) electrons. The van der Waals surface area contributed by atoms with Crippen molar-refractivity contribution in [2.75, 3.05) is 11.1 Å². The van der Waals surface area contributed by atoms with Gasteiger partial charge in [0.05, 0.1) is 10.6 Å². The van der Waals surface area contributed by atoms with E-state index in [2.05, 4.69) is 31.4 Å². The van der Waals surface area contributed by atoms with Crippen LogP contribution >= 0.6 is 39.3 Å². The number of halogens is 2. The number of rotatable bonds is 2. The van der Waals surface area contributed by atoms with Crippen LogP contribution in [0.4, 0.5) is 5.95 Å². The van der Waals surface area contributed by atoms with Gasteiger partial charge >= 0.3 is 0 Å². The Morgan fingerprint density at radius 2 is 2.30 bits per heavy atom. The third-order valence-corrected chi connectivity index (χ3v) is 4.75. The zero-order valence-corrected chi connectivity index (χ0v) is 13.4. The van der Waals surface area contributed by atoms with Crippen molar-refractivity contribution in [2.24, 2.45) is 0 Å². The maximum Gasteiger partial charge on any atom is 0.259 e. The molecule has 1 aliphatic heterocycles. The van der Waals surface area contributed by atoms with Gasteiger partial charge in [-0.15, -0.1) is 10.2 Å². The third kappa shape index (κ3) is 2.70. The Morgan fingerprint density at radius 3 is 3.15 bits per heavy atom. The van der Waals surface area contributed by atoms with E-state index in [0.717, 1.165) is 28.3 Å². The molecule has 0 saturated heterocycles. The zero-order valence-electron chi connectivity index (χ0n) is 10.3. The van der Waals surface area contributed by atoms with Gasteiger partial charge < -0.3 is 0 Å². The van der Waals surface area contributed by atoms with Gasteiger partial charge in [-0.05, 0) is 24.6 Å². The minimum atomic E-state index is -0.290. The van der Waals surface area contributed by atoms with Crippen LogP contribution in [0.25, 0.3) is 0 Å². The number of hydrogen-bond acceptors (Lipinski definition) is 4. The molecule has 0 saturated carbocycles. The van der Waals surface area contributed by atoms with Gasteiger partial charge in [0, 0.05) is 16.8 Å². The summed E-state index contributed by atoms with van der Waals surface area (Å²) < 4.78 is 2.71. The van der Waals surface area contributed by atoms with Gasteiger partial charge in [0.15, 0.2) is 5.16 Å². The number of nitrogens with zero attached hydrogens (tertiary/aromatic N) is 3. The number of nitrogens with one attached hydrogen (secondary N) is 1. The summed E-state index contributed by atoms with van der Waals surface area (Å²) in [6, 6.07) is 5.14. The van der Waals surface area contributed by atoms with Crippen LogP contribution in [0.1, 0.15) is 16.8 Å². The third-order valence-electron chi connectivity index (χ3n) is 2.87. The van der Waals surface area contributed by atoms with Crippen molar-refractivity contribution in [3.63, 3.8) is 0 Å². The van der Waals surface area contributed by atoms with Gasteiger partial charge in [-0.25, -0.2) is 0 Å². The molecule has 1 N–H and O–H groups in total. The second kappa shape index (κ2) is 5.75. The monoisotopic (exact) mass is 372 g/mol. The second-order valence-corrected chi connectivity index (χ2v) is 6.62. The van der Waals surface area contributed by atoms with E-state index < -0.39 is 0 Å². The highest BCUT2D eigenvalue weighted by Gasteiger charge is 2.19. The molecule has 1 amide bonds. The van der Waals surface area contributed by atoms with Gasteiger partial charge in [-0.2, -0.15) is 0 Å². The second-order valence-electron chi connectivity index (χ2n) is 4.24. The lowest BCUT2D eigenvalue weighted by molar-refractivity contribution is 0.102. The summed E-state index contributed by atoms with van der Waals surface area (Å²) in [6.45, 7) is 0.817. The van der Waals surface area contributed by atoms with Crippen molar-refractivity contribution < 1.29 is 4.79 Å². The Morgan fingerprint density at radius 1 is 1.45 bits per heavy atom. The van der Waals surface area contributed by atoms with E-state index >= 15 is 0 Å². The molecular weight excluding hydrogens is 364 g/mol. The molecule has 0 atom stereocenters. The average Bonchev–Trinajstić information content (AvgIpc) is 2.85. The van der Waals surface area contributed by atoms with Crippen molar-refractivity contribution in [2.45, 2.75) is 18.1 Å². The molecule has 1 aromatic heterocycles. The lowest BCUT2D eigenvalue weighted by atomic mass is 10.2. The predicted molar refractivity (Wildman–Crippen MR) is 82.5 cm³/mol. The summed E-state index contributed by atoms with van der Waals surface area (Å²) >= 11 is 11.0. The van der Waals surface area contributed by atoms with Gasteiger partial charge in [0.1, 0.15) is 0 Å². The molecule has 1 aromatic carbocycles. The highest BCUT2D eigenvalue weighted by molar-refractivity contribution is 9.10. The highest BCUT2D eigenvalue weighted by atomic mass is 79.9. The molecular formula is C12H10BrClN4OS. The Hall–Kier alpha value is -1.05. The number of fused-ring (bicyclic) bond motifs is 1. The van der Waals surface area contributed by atoms with Gasteiger partial charge in [0.2, 0.25) is 5.95 Å². The molecule has 0 spiro atoms. The SMILES string of the molecule is O=C(Nc1nnc2n1CCCS2)c1cc(Br)ccc1Cl. The van der Waals surface area contributed by atoms with Crippen molar-refractivity contribution in [3.05, 3.63) is 33.3 Å². The minimum Gasteiger partial charge on any atom is -0.290 e. The fourth-order valence-electron chi connectivity index (χ4n) is 1.92. The largest absolute Gasteiger partial charge is 0.290 e. The summed E-state index contributed by atoms with van der Waals surface area (Å²) in [5, 5.41) is 12.1. The van der Waals surface area contributed by atoms with Gasteiger partial charge in [0.25, 0.3) is 5.91 Å². The number of carbonyl (C=O) groups is 1. The molecule has 2 heterocycles. The molecule has 1 aliphatic rings. The summed E-state index contributed by atoms with van der Waals surface area (Å²) in [6.07, 6.45) is 1.04. The highest BCUT2D eigenvalue weighted by Crippen LogP contribution is 2.26. The Labute approximate surface area is 133 Å². The lowest BCUT2D eigenvalue weighted by Gasteiger charge is -2.14. The Bertz CT molecular complexity index is 675. The van der Waals surface area contributed by atoms with Crippen LogP contribution in [0.2, 0.25) is 5.02 Å². The Kier molecular flexibility index (Phi) is 4.00.